The van der Waals surface area contributed by atoms with Gasteiger partial charge in [-0.15, -0.1) is 12.4 Å². The summed E-state index contributed by atoms with van der Waals surface area (Å²) >= 11 is 5.26. The molecule has 0 radical (unpaired) electrons. The van der Waals surface area contributed by atoms with Crippen molar-refractivity contribution in [3.05, 3.63) is 36.3 Å². The number of carbonyl (C=O) groups excluding carboxylic acids is 1. The first kappa shape index (κ1) is 10.0. The number of nitrogens with zero attached hydrogens (tertiary/aromatic N) is 2. The zero-order valence-electron chi connectivity index (χ0n) is 6.48. The third-order valence-corrected chi connectivity index (χ3v) is 1.76. The molecule has 0 aromatic carbocycles. The van der Waals surface area contributed by atoms with Gasteiger partial charge in [-0.3, -0.25) is 4.79 Å². The van der Waals surface area contributed by atoms with E-state index in [0.717, 1.165) is 5.65 Å². The quantitative estimate of drug-likeness (QED) is 0.685. The zero-order valence-corrected chi connectivity index (χ0v) is 8.05. The number of aromatic nitrogens is 2. The minimum atomic E-state index is -0.529. The van der Waals surface area contributed by atoms with Crippen molar-refractivity contribution in [1.29, 1.82) is 0 Å². The Bertz CT molecular complexity index is 405. The van der Waals surface area contributed by atoms with E-state index in [-0.39, 0.29) is 18.1 Å². The molecule has 0 N–H and O–H groups in total. The van der Waals surface area contributed by atoms with Gasteiger partial charge in [0.2, 0.25) is 0 Å². The van der Waals surface area contributed by atoms with Crippen LogP contribution in [0, 0.1) is 0 Å². The van der Waals surface area contributed by atoms with Crippen LogP contribution in [-0.2, 0) is 0 Å². The molecular formula is C8H6Cl2N2O. The van der Waals surface area contributed by atoms with Gasteiger partial charge in [-0.1, -0.05) is 6.07 Å². The summed E-state index contributed by atoms with van der Waals surface area (Å²) in [4.78, 5) is 14.7. The van der Waals surface area contributed by atoms with Crippen LogP contribution in [0.25, 0.3) is 5.65 Å². The van der Waals surface area contributed by atoms with Gasteiger partial charge >= 0.3 is 0 Å². The first-order valence-electron chi connectivity index (χ1n) is 3.41. The molecule has 2 aromatic rings. The predicted molar refractivity (Wildman–Crippen MR) is 52.6 cm³/mol. The molecule has 0 aliphatic rings. The molecule has 0 unspecified atom stereocenters. The Balaban J connectivity index is 0.000000845. The largest absolute Gasteiger partial charge is 0.306 e. The Kier molecular flexibility index (Phi) is 2.90. The lowest BCUT2D eigenvalue weighted by Gasteiger charge is -1.86. The van der Waals surface area contributed by atoms with E-state index < -0.39 is 5.24 Å². The van der Waals surface area contributed by atoms with Crippen molar-refractivity contribution in [2.75, 3.05) is 0 Å². The van der Waals surface area contributed by atoms with E-state index in [1.54, 1.807) is 10.6 Å². The normalized spacial score (nSPS) is 9.62. The van der Waals surface area contributed by atoms with Crippen LogP contribution in [0.15, 0.2) is 30.6 Å². The van der Waals surface area contributed by atoms with Gasteiger partial charge in [-0.25, -0.2) is 4.98 Å². The third kappa shape index (κ3) is 1.82. The standard InChI is InChI=1S/C8H5ClN2O.ClH/c9-8(12)6-5-11-4-2-1-3-7(11)10-6;/h1-5H;1H. The SMILES string of the molecule is Cl.O=C(Cl)c1cn2ccccc2n1. The van der Waals surface area contributed by atoms with Crippen molar-refractivity contribution in [3.8, 4) is 0 Å². The van der Waals surface area contributed by atoms with E-state index in [2.05, 4.69) is 4.98 Å². The molecule has 0 amide bonds. The Morgan fingerprint density at radius 1 is 1.46 bits per heavy atom. The van der Waals surface area contributed by atoms with E-state index >= 15 is 0 Å². The Labute approximate surface area is 85.8 Å². The molecule has 13 heavy (non-hydrogen) atoms. The van der Waals surface area contributed by atoms with Gasteiger partial charge in [-0.05, 0) is 23.7 Å². The Morgan fingerprint density at radius 2 is 2.23 bits per heavy atom. The summed E-state index contributed by atoms with van der Waals surface area (Å²) in [5, 5.41) is -0.529. The van der Waals surface area contributed by atoms with Gasteiger partial charge in [0.15, 0.2) is 0 Å². The first-order valence-corrected chi connectivity index (χ1v) is 3.79. The minimum absolute atomic E-state index is 0. The summed E-state index contributed by atoms with van der Waals surface area (Å²) in [5.41, 5.74) is 1.00. The maximum atomic E-state index is 10.7. The van der Waals surface area contributed by atoms with E-state index in [0.29, 0.717) is 0 Å². The van der Waals surface area contributed by atoms with Crippen molar-refractivity contribution >= 4 is 34.9 Å². The Hall–Kier alpha value is -1.06. The molecule has 0 bridgehead atoms. The summed E-state index contributed by atoms with van der Waals surface area (Å²) in [7, 11) is 0. The number of hydrogen-bond donors (Lipinski definition) is 0. The lowest BCUT2D eigenvalue weighted by molar-refractivity contribution is 0.107. The summed E-state index contributed by atoms with van der Waals surface area (Å²) in [5.74, 6) is 0. The third-order valence-electron chi connectivity index (χ3n) is 1.57. The van der Waals surface area contributed by atoms with E-state index in [9.17, 15) is 4.79 Å². The fourth-order valence-electron chi connectivity index (χ4n) is 1.03. The summed E-state index contributed by atoms with van der Waals surface area (Å²) in [6, 6.07) is 5.52. The lowest BCUT2D eigenvalue weighted by Crippen LogP contribution is -1.86. The van der Waals surface area contributed by atoms with Crippen LogP contribution in [0.4, 0.5) is 0 Å². The molecule has 2 rings (SSSR count). The molecular weight excluding hydrogens is 211 g/mol. The first-order chi connectivity index (χ1) is 5.77. The van der Waals surface area contributed by atoms with Crippen molar-refractivity contribution in [1.82, 2.24) is 9.38 Å². The average molecular weight is 217 g/mol. The van der Waals surface area contributed by atoms with Crippen LogP contribution in [0.1, 0.15) is 10.5 Å². The average Bonchev–Trinajstić information content (AvgIpc) is 2.46. The summed E-state index contributed by atoms with van der Waals surface area (Å²) in [6.45, 7) is 0. The van der Waals surface area contributed by atoms with Gasteiger partial charge in [0.1, 0.15) is 11.3 Å². The van der Waals surface area contributed by atoms with Gasteiger partial charge in [0.05, 0.1) is 0 Å². The topological polar surface area (TPSA) is 34.4 Å². The van der Waals surface area contributed by atoms with Crippen LogP contribution in [0.3, 0.4) is 0 Å². The number of carbonyl (C=O) groups is 1. The van der Waals surface area contributed by atoms with Crippen molar-refractivity contribution < 1.29 is 4.79 Å². The van der Waals surface area contributed by atoms with Gasteiger partial charge < -0.3 is 4.40 Å². The highest BCUT2D eigenvalue weighted by Gasteiger charge is 2.05. The van der Waals surface area contributed by atoms with Crippen molar-refractivity contribution in [3.63, 3.8) is 0 Å². The number of rotatable bonds is 1. The van der Waals surface area contributed by atoms with Gasteiger partial charge in [-0.2, -0.15) is 0 Å². The molecule has 0 aliphatic heterocycles. The maximum Gasteiger partial charge on any atom is 0.272 e. The molecule has 0 aliphatic carbocycles. The number of pyridine rings is 1. The second-order valence-corrected chi connectivity index (χ2v) is 2.71. The van der Waals surface area contributed by atoms with Gasteiger partial charge in [0, 0.05) is 12.4 Å². The number of hydrogen-bond acceptors (Lipinski definition) is 2. The van der Waals surface area contributed by atoms with E-state index in [1.807, 2.05) is 24.4 Å². The fraction of sp³-hybridized carbons (Fsp3) is 0. The van der Waals surface area contributed by atoms with Crippen LogP contribution >= 0.6 is 24.0 Å². The highest BCUT2D eigenvalue weighted by Crippen LogP contribution is 2.06. The summed E-state index contributed by atoms with van der Waals surface area (Å²) < 4.78 is 1.75. The molecule has 0 saturated carbocycles. The fourth-order valence-corrected chi connectivity index (χ4v) is 1.12. The van der Waals surface area contributed by atoms with Crippen LogP contribution in [0.5, 0.6) is 0 Å². The van der Waals surface area contributed by atoms with Crippen LogP contribution < -0.4 is 0 Å². The molecule has 5 heteroatoms. The molecule has 3 nitrogen and oxygen atoms in total. The van der Waals surface area contributed by atoms with Crippen LogP contribution in [0.2, 0.25) is 0 Å². The second-order valence-electron chi connectivity index (χ2n) is 2.37. The number of fused-ring (bicyclic) bond motifs is 1. The summed E-state index contributed by atoms with van der Waals surface area (Å²) in [6.07, 6.45) is 3.41. The van der Waals surface area contributed by atoms with Gasteiger partial charge in [0.25, 0.3) is 5.24 Å². The minimum Gasteiger partial charge on any atom is -0.306 e. The maximum absolute atomic E-state index is 10.7. The molecule has 0 fully saturated rings. The number of imidazole rings is 1. The molecule has 0 atom stereocenters. The monoisotopic (exact) mass is 216 g/mol. The molecule has 68 valence electrons. The second kappa shape index (κ2) is 3.77. The molecule has 2 heterocycles. The van der Waals surface area contributed by atoms with Crippen molar-refractivity contribution in [2.45, 2.75) is 0 Å². The zero-order chi connectivity index (χ0) is 8.55. The van der Waals surface area contributed by atoms with Crippen molar-refractivity contribution in [2.24, 2.45) is 0 Å². The number of halogens is 2. The smallest absolute Gasteiger partial charge is 0.272 e. The molecule has 0 saturated heterocycles. The highest BCUT2D eigenvalue weighted by atomic mass is 35.5. The molecule has 2 aromatic heterocycles. The lowest BCUT2D eigenvalue weighted by atomic mass is 10.5. The Morgan fingerprint density at radius 3 is 2.85 bits per heavy atom. The van der Waals surface area contributed by atoms with E-state index in [4.69, 9.17) is 11.6 Å². The van der Waals surface area contributed by atoms with Crippen LogP contribution in [-0.4, -0.2) is 14.6 Å². The van der Waals surface area contributed by atoms with E-state index in [1.165, 1.54) is 0 Å². The molecule has 0 spiro atoms. The highest BCUT2D eigenvalue weighted by molar-refractivity contribution is 6.67. The predicted octanol–water partition coefficient (Wildman–Crippen LogP) is 2.14.